The lowest BCUT2D eigenvalue weighted by Gasteiger charge is -2.54. The first-order valence-electron chi connectivity index (χ1n) is 10.8. The van der Waals surface area contributed by atoms with Gasteiger partial charge in [-0.05, 0) is 50.9 Å². The molecule has 1 aromatic rings. The van der Waals surface area contributed by atoms with Crippen molar-refractivity contribution in [3.05, 3.63) is 11.3 Å². The summed E-state index contributed by atoms with van der Waals surface area (Å²) < 4.78 is 34.2. The van der Waals surface area contributed by atoms with Crippen LogP contribution in [0.4, 0.5) is 20.5 Å². The Balaban J connectivity index is 1.40. The third-order valence-corrected chi connectivity index (χ3v) is 7.32. The van der Waals surface area contributed by atoms with Gasteiger partial charge >= 0.3 is 5.97 Å². The van der Waals surface area contributed by atoms with E-state index in [-0.39, 0.29) is 18.1 Å². The van der Waals surface area contributed by atoms with Crippen molar-refractivity contribution in [3.63, 3.8) is 0 Å². The summed E-state index contributed by atoms with van der Waals surface area (Å²) in [5.41, 5.74) is 0.550. The number of hydrogen-bond acceptors (Lipinski definition) is 6. The van der Waals surface area contributed by atoms with Gasteiger partial charge in [0.25, 0.3) is 5.92 Å². The number of rotatable bonds is 5. The van der Waals surface area contributed by atoms with E-state index in [1.54, 1.807) is 0 Å². The average molecular weight is 406 g/mol. The van der Waals surface area contributed by atoms with Crippen molar-refractivity contribution < 1.29 is 18.3 Å². The Hall–Kier alpha value is -1.99. The average Bonchev–Trinajstić information content (AvgIpc) is 2.99. The van der Waals surface area contributed by atoms with Gasteiger partial charge < -0.3 is 14.5 Å². The Bertz CT molecular complexity index is 821. The van der Waals surface area contributed by atoms with E-state index in [0.717, 1.165) is 32.5 Å². The van der Waals surface area contributed by atoms with Gasteiger partial charge in [-0.15, -0.1) is 0 Å². The van der Waals surface area contributed by atoms with Crippen molar-refractivity contribution in [2.24, 2.45) is 17.8 Å². The fraction of sp³-hybridized carbons (Fsp3) is 0.762. The van der Waals surface area contributed by atoms with Crippen LogP contribution in [0.2, 0.25) is 0 Å². The molecule has 0 aromatic carbocycles. The van der Waals surface area contributed by atoms with Crippen molar-refractivity contribution in [1.29, 1.82) is 0 Å². The standard InChI is InChI=1S/C21H28F2N4O2/c1-3-29-17(28)9-16-13-8-14(16)11-26(10-13)19-15-4-6-21(22,23)18(15)24-20(25-19)27-7-5-12(27)2/h12-14,16H,3-11H2,1-2H3. The SMILES string of the molecule is CCOC(=O)CC1C2CC1CN(c1nc(N3CCC3C)nc3c1CCC3(F)F)C2. The quantitative estimate of drug-likeness (QED) is 0.701. The van der Waals surface area contributed by atoms with Gasteiger partial charge in [0.1, 0.15) is 11.5 Å². The van der Waals surface area contributed by atoms with Crippen LogP contribution in [-0.4, -0.2) is 48.2 Å². The van der Waals surface area contributed by atoms with E-state index in [0.29, 0.717) is 60.6 Å². The van der Waals surface area contributed by atoms with E-state index in [2.05, 4.69) is 16.8 Å². The minimum absolute atomic E-state index is 0.0704. The number of ether oxygens (including phenoxy) is 1. The molecule has 1 aromatic heterocycles. The molecule has 5 aliphatic rings. The predicted molar refractivity (Wildman–Crippen MR) is 104 cm³/mol. The lowest BCUT2D eigenvalue weighted by molar-refractivity contribution is -0.147. The van der Waals surface area contributed by atoms with Crippen LogP contribution in [0.25, 0.3) is 0 Å². The highest BCUT2D eigenvalue weighted by molar-refractivity contribution is 5.70. The van der Waals surface area contributed by atoms with Crippen LogP contribution < -0.4 is 9.80 Å². The minimum atomic E-state index is -2.87. The van der Waals surface area contributed by atoms with Gasteiger partial charge in [-0.1, -0.05) is 0 Å². The molecule has 6 nitrogen and oxygen atoms in total. The number of piperidine rings is 2. The number of carbonyl (C=O) groups excluding carboxylic acids is 1. The second-order valence-electron chi connectivity index (χ2n) is 9.04. The summed E-state index contributed by atoms with van der Waals surface area (Å²) in [5.74, 6) is -0.712. The topological polar surface area (TPSA) is 58.6 Å². The van der Waals surface area contributed by atoms with Gasteiger partial charge in [0.15, 0.2) is 0 Å². The number of hydrogen-bond donors (Lipinski definition) is 0. The lowest BCUT2D eigenvalue weighted by Crippen LogP contribution is -2.56. The van der Waals surface area contributed by atoms with Crippen LogP contribution in [0.15, 0.2) is 0 Å². The van der Waals surface area contributed by atoms with Gasteiger partial charge in [-0.2, -0.15) is 13.8 Å². The van der Waals surface area contributed by atoms with E-state index in [1.807, 2.05) is 11.8 Å². The largest absolute Gasteiger partial charge is 0.466 e. The first-order chi connectivity index (χ1) is 13.9. The number of carbonyl (C=O) groups is 1. The molecule has 3 unspecified atom stereocenters. The highest BCUT2D eigenvalue weighted by atomic mass is 19.3. The lowest BCUT2D eigenvalue weighted by atomic mass is 9.60. The maximum atomic E-state index is 14.5. The van der Waals surface area contributed by atoms with E-state index >= 15 is 0 Å². The fourth-order valence-corrected chi connectivity index (χ4v) is 5.50. The van der Waals surface area contributed by atoms with Crippen molar-refractivity contribution >= 4 is 17.7 Å². The first-order valence-corrected chi connectivity index (χ1v) is 10.8. The summed E-state index contributed by atoms with van der Waals surface area (Å²) in [6.45, 7) is 6.66. The molecule has 3 saturated heterocycles. The van der Waals surface area contributed by atoms with E-state index in [1.165, 1.54) is 0 Å². The highest BCUT2D eigenvalue weighted by Crippen LogP contribution is 2.50. The van der Waals surface area contributed by atoms with Gasteiger partial charge in [-0.25, -0.2) is 4.98 Å². The number of nitrogens with zero attached hydrogens (tertiary/aromatic N) is 4. The molecule has 3 atom stereocenters. The van der Waals surface area contributed by atoms with Crippen molar-refractivity contribution in [2.45, 2.75) is 57.9 Å². The number of alkyl halides is 2. The summed E-state index contributed by atoms with van der Waals surface area (Å²) in [5, 5.41) is 0. The Morgan fingerprint density at radius 1 is 1.28 bits per heavy atom. The van der Waals surface area contributed by atoms with Crippen LogP contribution in [0, 0.1) is 17.8 Å². The van der Waals surface area contributed by atoms with Gasteiger partial charge in [0.2, 0.25) is 5.95 Å². The minimum Gasteiger partial charge on any atom is -0.466 e. The van der Waals surface area contributed by atoms with Gasteiger partial charge in [-0.3, -0.25) is 4.79 Å². The Kier molecular flexibility index (Phi) is 4.44. The normalized spacial score (nSPS) is 31.7. The maximum Gasteiger partial charge on any atom is 0.306 e. The third kappa shape index (κ3) is 3.06. The first kappa shape index (κ1) is 19.0. The molecule has 4 fully saturated rings. The summed E-state index contributed by atoms with van der Waals surface area (Å²) >= 11 is 0. The van der Waals surface area contributed by atoms with Crippen LogP contribution in [-0.2, 0) is 21.9 Å². The molecule has 0 spiro atoms. The second-order valence-corrected chi connectivity index (χ2v) is 9.04. The number of halogens is 2. The Morgan fingerprint density at radius 3 is 2.66 bits per heavy atom. The number of anilines is 2. The molecule has 0 amide bonds. The molecule has 0 N–H and O–H groups in total. The van der Waals surface area contributed by atoms with Crippen molar-refractivity contribution in [3.8, 4) is 0 Å². The molecule has 158 valence electrons. The van der Waals surface area contributed by atoms with Crippen LogP contribution in [0.3, 0.4) is 0 Å². The zero-order valence-corrected chi connectivity index (χ0v) is 17.0. The Labute approximate surface area is 169 Å². The van der Waals surface area contributed by atoms with Crippen LogP contribution in [0.1, 0.15) is 50.8 Å². The molecule has 6 rings (SSSR count). The highest BCUT2D eigenvalue weighted by Gasteiger charge is 2.50. The molecule has 0 radical (unpaired) electrons. The molecule has 4 heterocycles. The van der Waals surface area contributed by atoms with Crippen molar-refractivity contribution in [1.82, 2.24) is 9.97 Å². The van der Waals surface area contributed by atoms with Crippen LogP contribution in [0.5, 0.6) is 0 Å². The molecular weight excluding hydrogens is 378 g/mol. The molecule has 1 saturated carbocycles. The summed E-state index contributed by atoms with van der Waals surface area (Å²) in [6.07, 6.45) is 2.74. The van der Waals surface area contributed by atoms with Crippen LogP contribution >= 0.6 is 0 Å². The summed E-state index contributed by atoms with van der Waals surface area (Å²) in [6, 6.07) is 0.291. The second kappa shape index (κ2) is 6.77. The monoisotopic (exact) mass is 406 g/mol. The zero-order valence-electron chi connectivity index (χ0n) is 17.0. The van der Waals surface area contributed by atoms with Crippen molar-refractivity contribution in [2.75, 3.05) is 36.0 Å². The predicted octanol–water partition coefficient (Wildman–Crippen LogP) is 3.14. The molecule has 3 aliphatic heterocycles. The van der Waals surface area contributed by atoms with Gasteiger partial charge in [0.05, 0.1) is 6.61 Å². The molecule has 2 aliphatic carbocycles. The van der Waals surface area contributed by atoms with E-state index < -0.39 is 5.92 Å². The summed E-state index contributed by atoms with van der Waals surface area (Å²) in [7, 11) is 0. The third-order valence-electron chi connectivity index (χ3n) is 7.32. The van der Waals surface area contributed by atoms with E-state index in [9.17, 15) is 13.6 Å². The van der Waals surface area contributed by atoms with Gasteiger partial charge in [0, 0.05) is 44.1 Å². The molecule has 2 bridgehead atoms. The Morgan fingerprint density at radius 2 is 2.03 bits per heavy atom. The fourth-order valence-electron chi connectivity index (χ4n) is 5.50. The summed E-state index contributed by atoms with van der Waals surface area (Å²) in [4.78, 5) is 25.2. The maximum absolute atomic E-state index is 14.5. The molecular formula is C21H28F2N4O2. The van der Waals surface area contributed by atoms with E-state index in [4.69, 9.17) is 9.72 Å². The zero-order chi connectivity index (χ0) is 20.3. The number of aromatic nitrogens is 2. The smallest absolute Gasteiger partial charge is 0.306 e. The molecule has 8 heteroatoms. The number of fused-ring (bicyclic) bond motifs is 3. The number of esters is 1. The molecule has 29 heavy (non-hydrogen) atoms.